The zero-order valence-corrected chi connectivity index (χ0v) is 15.3. The molecule has 2 aromatic carbocycles. The van der Waals surface area contributed by atoms with Gasteiger partial charge >= 0.3 is 0 Å². The Kier molecular flexibility index (Phi) is 5.40. The van der Waals surface area contributed by atoms with Crippen LogP contribution in [0.1, 0.15) is 17.4 Å². The van der Waals surface area contributed by atoms with E-state index in [9.17, 15) is 9.18 Å². The molecular weight excluding hydrogens is 349 g/mol. The molecule has 0 saturated heterocycles. The maximum Gasteiger partial charge on any atom is 0.273 e. The molecule has 1 N–H and O–H groups in total. The summed E-state index contributed by atoms with van der Waals surface area (Å²) in [4.78, 5) is 12.7. The SMILES string of the molecule is CCn1nc(-c2ccc(OC)cc2F)cc1C(=O)Nc1cccc(OC)c1. The number of aromatic nitrogens is 2. The molecule has 7 heteroatoms. The Morgan fingerprint density at radius 3 is 2.52 bits per heavy atom. The topological polar surface area (TPSA) is 65.4 Å². The molecule has 1 heterocycles. The fourth-order valence-corrected chi connectivity index (χ4v) is 2.70. The van der Waals surface area contributed by atoms with E-state index >= 15 is 0 Å². The number of hydrogen-bond donors (Lipinski definition) is 1. The van der Waals surface area contributed by atoms with Crippen LogP contribution in [0.2, 0.25) is 0 Å². The van der Waals surface area contributed by atoms with E-state index in [-0.39, 0.29) is 5.91 Å². The largest absolute Gasteiger partial charge is 0.497 e. The van der Waals surface area contributed by atoms with Crippen LogP contribution in [0, 0.1) is 5.82 Å². The Labute approximate surface area is 156 Å². The number of amides is 1. The summed E-state index contributed by atoms with van der Waals surface area (Å²) in [5.41, 5.74) is 1.62. The van der Waals surface area contributed by atoms with Crippen molar-refractivity contribution in [1.82, 2.24) is 9.78 Å². The van der Waals surface area contributed by atoms with E-state index in [1.54, 1.807) is 49.6 Å². The van der Waals surface area contributed by atoms with Gasteiger partial charge in [-0.3, -0.25) is 9.48 Å². The Morgan fingerprint density at radius 1 is 1.11 bits per heavy atom. The number of methoxy groups -OCH3 is 2. The first kappa shape index (κ1) is 18.4. The number of aryl methyl sites for hydroxylation is 1. The normalized spacial score (nSPS) is 10.5. The van der Waals surface area contributed by atoms with Gasteiger partial charge < -0.3 is 14.8 Å². The van der Waals surface area contributed by atoms with Gasteiger partial charge in [-0.2, -0.15) is 5.10 Å². The molecule has 0 aliphatic carbocycles. The number of nitrogens with one attached hydrogen (secondary N) is 1. The van der Waals surface area contributed by atoms with Gasteiger partial charge in [-0.15, -0.1) is 0 Å². The van der Waals surface area contributed by atoms with Gasteiger partial charge in [-0.1, -0.05) is 6.07 Å². The summed E-state index contributed by atoms with van der Waals surface area (Å²) in [6.07, 6.45) is 0. The van der Waals surface area contributed by atoms with Crippen molar-refractivity contribution in [3.63, 3.8) is 0 Å². The first-order valence-corrected chi connectivity index (χ1v) is 8.43. The molecule has 0 spiro atoms. The van der Waals surface area contributed by atoms with E-state index in [1.165, 1.54) is 17.9 Å². The minimum atomic E-state index is -0.463. The number of carbonyl (C=O) groups is 1. The fourth-order valence-electron chi connectivity index (χ4n) is 2.70. The molecule has 1 amide bonds. The highest BCUT2D eigenvalue weighted by molar-refractivity contribution is 6.03. The predicted molar refractivity (Wildman–Crippen MR) is 101 cm³/mol. The summed E-state index contributed by atoms with van der Waals surface area (Å²) in [5, 5.41) is 7.17. The van der Waals surface area contributed by atoms with E-state index in [4.69, 9.17) is 9.47 Å². The molecule has 0 bridgehead atoms. The van der Waals surface area contributed by atoms with Crippen molar-refractivity contribution in [3.05, 3.63) is 60.0 Å². The van der Waals surface area contributed by atoms with E-state index < -0.39 is 5.82 Å². The summed E-state index contributed by atoms with van der Waals surface area (Å²) in [7, 11) is 3.03. The maximum atomic E-state index is 14.4. The lowest BCUT2D eigenvalue weighted by Crippen LogP contribution is -2.17. The van der Waals surface area contributed by atoms with Gasteiger partial charge in [0, 0.05) is 29.9 Å². The summed E-state index contributed by atoms with van der Waals surface area (Å²) in [6, 6.07) is 13.1. The Hall–Kier alpha value is -3.35. The van der Waals surface area contributed by atoms with Crippen LogP contribution in [0.25, 0.3) is 11.3 Å². The molecule has 0 unspecified atom stereocenters. The molecule has 140 valence electrons. The Balaban J connectivity index is 1.91. The number of ether oxygens (including phenoxy) is 2. The number of hydrogen-bond acceptors (Lipinski definition) is 4. The van der Waals surface area contributed by atoms with Gasteiger partial charge in [-0.25, -0.2) is 4.39 Å². The van der Waals surface area contributed by atoms with Crippen molar-refractivity contribution in [1.29, 1.82) is 0 Å². The minimum absolute atomic E-state index is 0.304. The fraction of sp³-hybridized carbons (Fsp3) is 0.200. The summed E-state index contributed by atoms with van der Waals surface area (Å²) in [5.74, 6) is 0.257. The number of benzene rings is 2. The maximum absolute atomic E-state index is 14.4. The third-order valence-corrected chi connectivity index (χ3v) is 4.09. The average Bonchev–Trinajstić information content (AvgIpc) is 3.12. The van der Waals surface area contributed by atoms with Gasteiger partial charge in [0.15, 0.2) is 0 Å². The second-order valence-electron chi connectivity index (χ2n) is 5.76. The lowest BCUT2D eigenvalue weighted by molar-refractivity contribution is 0.101. The molecule has 27 heavy (non-hydrogen) atoms. The van der Waals surface area contributed by atoms with Crippen molar-refractivity contribution in [2.45, 2.75) is 13.5 Å². The number of anilines is 1. The molecule has 6 nitrogen and oxygen atoms in total. The van der Waals surface area contributed by atoms with E-state index in [0.29, 0.717) is 40.7 Å². The molecule has 0 radical (unpaired) electrons. The van der Waals surface area contributed by atoms with E-state index in [0.717, 1.165) is 0 Å². The summed E-state index contributed by atoms with van der Waals surface area (Å²) in [6.45, 7) is 2.34. The van der Waals surface area contributed by atoms with Crippen LogP contribution in [-0.4, -0.2) is 29.9 Å². The highest BCUT2D eigenvalue weighted by Gasteiger charge is 2.18. The smallest absolute Gasteiger partial charge is 0.273 e. The first-order valence-electron chi connectivity index (χ1n) is 8.43. The van der Waals surface area contributed by atoms with Crippen LogP contribution in [0.4, 0.5) is 10.1 Å². The second kappa shape index (κ2) is 7.90. The Morgan fingerprint density at radius 2 is 1.85 bits per heavy atom. The third kappa shape index (κ3) is 3.92. The van der Waals surface area contributed by atoms with E-state index in [2.05, 4.69) is 10.4 Å². The van der Waals surface area contributed by atoms with Crippen molar-refractivity contribution in [3.8, 4) is 22.8 Å². The number of nitrogens with zero attached hydrogens (tertiary/aromatic N) is 2. The molecule has 1 aromatic heterocycles. The van der Waals surface area contributed by atoms with Crippen LogP contribution in [0.5, 0.6) is 11.5 Å². The highest BCUT2D eigenvalue weighted by Crippen LogP contribution is 2.26. The summed E-state index contributed by atoms with van der Waals surface area (Å²) < 4.78 is 26.1. The van der Waals surface area contributed by atoms with Gasteiger partial charge in [-0.05, 0) is 37.3 Å². The monoisotopic (exact) mass is 369 g/mol. The molecule has 0 aliphatic rings. The van der Waals surface area contributed by atoms with Crippen molar-refractivity contribution in [2.75, 3.05) is 19.5 Å². The molecule has 3 rings (SSSR count). The van der Waals surface area contributed by atoms with Crippen LogP contribution in [0.3, 0.4) is 0 Å². The second-order valence-corrected chi connectivity index (χ2v) is 5.76. The number of halogens is 1. The van der Waals surface area contributed by atoms with Crippen molar-refractivity contribution < 1.29 is 18.7 Å². The van der Waals surface area contributed by atoms with Gasteiger partial charge in [0.25, 0.3) is 5.91 Å². The molecular formula is C20H20FN3O3. The first-order chi connectivity index (χ1) is 13.0. The highest BCUT2D eigenvalue weighted by atomic mass is 19.1. The van der Waals surface area contributed by atoms with Gasteiger partial charge in [0.2, 0.25) is 0 Å². The molecule has 0 aliphatic heterocycles. The zero-order valence-electron chi connectivity index (χ0n) is 15.3. The van der Waals surface area contributed by atoms with Gasteiger partial charge in [0.1, 0.15) is 23.0 Å². The lowest BCUT2D eigenvalue weighted by atomic mass is 10.1. The van der Waals surface area contributed by atoms with Crippen molar-refractivity contribution >= 4 is 11.6 Å². The van der Waals surface area contributed by atoms with Crippen LogP contribution >= 0.6 is 0 Å². The number of carbonyl (C=O) groups excluding carboxylic acids is 1. The quantitative estimate of drug-likeness (QED) is 0.714. The van der Waals surface area contributed by atoms with Crippen LogP contribution < -0.4 is 14.8 Å². The summed E-state index contributed by atoms with van der Waals surface area (Å²) >= 11 is 0. The minimum Gasteiger partial charge on any atom is -0.497 e. The Bertz CT molecular complexity index is 969. The van der Waals surface area contributed by atoms with E-state index in [1.807, 2.05) is 6.92 Å². The molecule has 0 atom stereocenters. The van der Waals surface area contributed by atoms with Gasteiger partial charge in [0.05, 0.1) is 19.9 Å². The number of rotatable bonds is 6. The third-order valence-electron chi connectivity index (χ3n) is 4.09. The van der Waals surface area contributed by atoms with Crippen molar-refractivity contribution in [2.24, 2.45) is 0 Å². The van der Waals surface area contributed by atoms with Crippen LogP contribution in [-0.2, 0) is 6.54 Å². The zero-order chi connectivity index (χ0) is 19.4. The molecule has 0 fully saturated rings. The average molecular weight is 369 g/mol. The van der Waals surface area contributed by atoms with Crippen LogP contribution in [0.15, 0.2) is 48.5 Å². The predicted octanol–water partition coefficient (Wildman–Crippen LogP) is 3.98. The molecule has 0 saturated carbocycles. The standard InChI is InChI=1S/C20H20FN3O3/c1-4-24-19(20(25)22-13-6-5-7-14(10-13)26-2)12-18(23-24)16-9-8-15(27-3)11-17(16)21/h5-12H,4H2,1-3H3,(H,22,25). The molecule has 3 aromatic rings. The lowest BCUT2D eigenvalue weighted by Gasteiger charge is -2.07.